The van der Waals surface area contributed by atoms with Crippen LogP contribution in [0.2, 0.25) is 0 Å². The van der Waals surface area contributed by atoms with Gasteiger partial charge >= 0.3 is 0 Å². The lowest BCUT2D eigenvalue weighted by molar-refractivity contribution is 0.268. The van der Waals surface area contributed by atoms with Crippen molar-refractivity contribution in [2.75, 3.05) is 13.1 Å². The van der Waals surface area contributed by atoms with Crippen molar-refractivity contribution in [1.29, 1.82) is 0 Å². The quantitative estimate of drug-likeness (QED) is 0.726. The first-order valence-corrected chi connectivity index (χ1v) is 5.97. The fourth-order valence-corrected chi connectivity index (χ4v) is 1.72. The Morgan fingerprint density at radius 2 is 2.07 bits per heavy atom. The molecule has 1 aliphatic rings. The van der Waals surface area contributed by atoms with E-state index in [1.54, 1.807) is 0 Å². The van der Waals surface area contributed by atoms with Gasteiger partial charge in [0.2, 0.25) is 0 Å². The Balaban J connectivity index is 2.19. The molecule has 0 spiro atoms. The van der Waals surface area contributed by atoms with E-state index >= 15 is 0 Å². The van der Waals surface area contributed by atoms with Crippen molar-refractivity contribution >= 4 is 0 Å². The average molecular weight is 198 g/mol. The molecule has 2 nitrogen and oxygen atoms in total. The van der Waals surface area contributed by atoms with Gasteiger partial charge in [-0.25, -0.2) is 0 Å². The second-order valence-corrected chi connectivity index (χ2v) is 5.64. The normalized spacial score (nSPS) is 26.1. The monoisotopic (exact) mass is 198 g/mol. The van der Waals surface area contributed by atoms with E-state index in [9.17, 15) is 0 Å². The summed E-state index contributed by atoms with van der Waals surface area (Å²) in [5.74, 6) is 0. The van der Waals surface area contributed by atoms with Crippen LogP contribution in [-0.4, -0.2) is 25.2 Å². The van der Waals surface area contributed by atoms with Crippen LogP contribution >= 0.6 is 0 Å². The second-order valence-electron chi connectivity index (χ2n) is 5.64. The second kappa shape index (κ2) is 5.13. The van der Waals surface area contributed by atoms with Crippen LogP contribution in [0.25, 0.3) is 0 Å². The van der Waals surface area contributed by atoms with Crippen LogP contribution in [0.4, 0.5) is 0 Å². The minimum Gasteiger partial charge on any atom is -0.313 e. The van der Waals surface area contributed by atoms with Gasteiger partial charge in [-0.15, -0.1) is 0 Å². The number of hydrogen-bond acceptors (Lipinski definition) is 2. The Hall–Kier alpha value is -0.0800. The van der Waals surface area contributed by atoms with Crippen molar-refractivity contribution in [3.05, 3.63) is 0 Å². The van der Waals surface area contributed by atoms with Gasteiger partial charge in [-0.1, -0.05) is 27.2 Å². The lowest BCUT2D eigenvalue weighted by Crippen LogP contribution is -2.47. The molecule has 2 N–H and O–H groups in total. The molecule has 1 saturated heterocycles. The molecule has 0 saturated carbocycles. The van der Waals surface area contributed by atoms with Crippen molar-refractivity contribution in [1.82, 2.24) is 10.6 Å². The molecule has 2 atom stereocenters. The van der Waals surface area contributed by atoms with Gasteiger partial charge < -0.3 is 10.6 Å². The first-order chi connectivity index (χ1) is 6.50. The van der Waals surface area contributed by atoms with E-state index in [-0.39, 0.29) is 0 Å². The van der Waals surface area contributed by atoms with Crippen molar-refractivity contribution < 1.29 is 0 Å². The molecule has 0 radical (unpaired) electrons. The summed E-state index contributed by atoms with van der Waals surface area (Å²) in [6.07, 6.45) is 4.08. The van der Waals surface area contributed by atoms with E-state index in [1.807, 2.05) is 0 Å². The zero-order valence-electron chi connectivity index (χ0n) is 10.2. The van der Waals surface area contributed by atoms with Gasteiger partial charge in [0.05, 0.1) is 0 Å². The highest BCUT2D eigenvalue weighted by atomic mass is 15.0. The van der Waals surface area contributed by atoms with E-state index in [4.69, 9.17) is 0 Å². The Bertz CT molecular complexity index is 154. The fourth-order valence-electron chi connectivity index (χ4n) is 1.72. The van der Waals surface area contributed by atoms with Crippen molar-refractivity contribution in [2.45, 2.75) is 59.0 Å². The van der Waals surface area contributed by atoms with E-state index in [0.717, 1.165) is 6.54 Å². The highest BCUT2D eigenvalue weighted by Gasteiger charge is 2.21. The minimum absolute atomic E-state index is 0.370. The lowest BCUT2D eigenvalue weighted by Gasteiger charge is -2.31. The molecule has 0 amide bonds. The third-order valence-corrected chi connectivity index (χ3v) is 3.38. The van der Waals surface area contributed by atoms with E-state index < -0.39 is 0 Å². The summed E-state index contributed by atoms with van der Waals surface area (Å²) in [6, 6.07) is 1.29. The SMILES string of the molecule is CC(NCC1CCCCN1)C(C)(C)C. The van der Waals surface area contributed by atoms with Gasteiger partial charge in [0, 0.05) is 18.6 Å². The van der Waals surface area contributed by atoms with Gasteiger partial charge in [-0.2, -0.15) is 0 Å². The molecule has 84 valence electrons. The first kappa shape index (κ1) is 12.0. The Kier molecular flexibility index (Phi) is 4.39. The number of rotatable bonds is 3. The molecule has 1 heterocycles. The topological polar surface area (TPSA) is 24.1 Å². The van der Waals surface area contributed by atoms with Crippen LogP contribution in [0.3, 0.4) is 0 Å². The molecule has 1 fully saturated rings. The number of nitrogens with one attached hydrogen (secondary N) is 2. The third-order valence-electron chi connectivity index (χ3n) is 3.38. The van der Waals surface area contributed by atoms with E-state index in [2.05, 4.69) is 38.3 Å². The average Bonchev–Trinajstić information content (AvgIpc) is 2.14. The molecule has 0 aromatic carbocycles. The molecule has 2 unspecified atom stereocenters. The molecule has 0 aromatic rings. The summed E-state index contributed by atoms with van der Waals surface area (Å²) in [4.78, 5) is 0. The maximum Gasteiger partial charge on any atom is 0.0192 e. The summed E-state index contributed by atoms with van der Waals surface area (Å²) >= 11 is 0. The van der Waals surface area contributed by atoms with Gasteiger partial charge in [-0.3, -0.25) is 0 Å². The third kappa shape index (κ3) is 3.97. The predicted octanol–water partition coefficient (Wildman–Crippen LogP) is 2.15. The summed E-state index contributed by atoms with van der Waals surface area (Å²) in [5, 5.41) is 7.19. The summed E-state index contributed by atoms with van der Waals surface area (Å²) in [7, 11) is 0. The van der Waals surface area contributed by atoms with Gasteiger partial charge in [0.25, 0.3) is 0 Å². The molecule has 14 heavy (non-hydrogen) atoms. The molecule has 1 rings (SSSR count). The molecular formula is C12H26N2. The van der Waals surface area contributed by atoms with Gasteiger partial charge in [0.15, 0.2) is 0 Å². The summed E-state index contributed by atoms with van der Waals surface area (Å²) in [5.41, 5.74) is 0.370. The summed E-state index contributed by atoms with van der Waals surface area (Å²) in [6.45, 7) is 11.5. The molecule has 0 aliphatic carbocycles. The molecule has 0 bridgehead atoms. The van der Waals surface area contributed by atoms with Crippen LogP contribution in [0, 0.1) is 5.41 Å². The van der Waals surface area contributed by atoms with Gasteiger partial charge in [-0.05, 0) is 31.7 Å². The van der Waals surface area contributed by atoms with Crippen LogP contribution < -0.4 is 10.6 Å². The lowest BCUT2D eigenvalue weighted by atomic mass is 9.88. The van der Waals surface area contributed by atoms with Gasteiger partial charge in [0.1, 0.15) is 0 Å². The van der Waals surface area contributed by atoms with Crippen molar-refractivity contribution in [2.24, 2.45) is 5.41 Å². The minimum atomic E-state index is 0.370. The van der Waals surface area contributed by atoms with E-state index in [0.29, 0.717) is 17.5 Å². The van der Waals surface area contributed by atoms with Crippen LogP contribution in [-0.2, 0) is 0 Å². The Labute approximate surface area is 88.8 Å². The molecular weight excluding hydrogens is 172 g/mol. The fraction of sp³-hybridized carbons (Fsp3) is 1.00. The first-order valence-electron chi connectivity index (χ1n) is 5.97. The van der Waals surface area contributed by atoms with Crippen molar-refractivity contribution in [3.63, 3.8) is 0 Å². The molecule has 1 aliphatic heterocycles. The Morgan fingerprint density at radius 3 is 2.57 bits per heavy atom. The molecule has 0 aromatic heterocycles. The smallest absolute Gasteiger partial charge is 0.0192 e. The highest BCUT2D eigenvalue weighted by Crippen LogP contribution is 2.18. The van der Waals surface area contributed by atoms with Crippen molar-refractivity contribution in [3.8, 4) is 0 Å². The standard InChI is InChI=1S/C12H26N2/c1-10(12(2,3)4)14-9-11-7-5-6-8-13-11/h10-11,13-14H,5-9H2,1-4H3. The zero-order valence-corrected chi connectivity index (χ0v) is 10.2. The maximum absolute atomic E-state index is 3.63. The Morgan fingerprint density at radius 1 is 1.36 bits per heavy atom. The zero-order chi connectivity index (χ0) is 10.6. The van der Waals surface area contributed by atoms with Crippen LogP contribution in [0.1, 0.15) is 47.0 Å². The predicted molar refractivity (Wildman–Crippen MR) is 62.6 cm³/mol. The molecule has 2 heteroatoms. The largest absolute Gasteiger partial charge is 0.313 e. The highest BCUT2D eigenvalue weighted by molar-refractivity contribution is 4.80. The van der Waals surface area contributed by atoms with E-state index in [1.165, 1.54) is 25.8 Å². The van der Waals surface area contributed by atoms with Crippen LogP contribution in [0.15, 0.2) is 0 Å². The maximum atomic E-state index is 3.63. The number of piperidine rings is 1. The number of hydrogen-bond donors (Lipinski definition) is 2. The van der Waals surface area contributed by atoms with Crippen LogP contribution in [0.5, 0.6) is 0 Å². The summed E-state index contributed by atoms with van der Waals surface area (Å²) < 4.78 is 0.